The van der Waals surface area contributed by atoms with Crippen LogP contribution in [0.1, 0.15) is 24.6 Å². The zero-order valence-corrected chi connectivity index (χ0v) is 15.7. The van der Waals surface area contributed by atoms with Gasteiger partial charge in [0.15, 0.2) is 5.75 Å². The van der Waals surface area contributed by atoms with E-state index in [-0.39, 0.29) is 11.3 Å². The highest BCUT2D eigenvalue weighted by Crippen LogP contribution is 2.33. The molecule has 1 aromatic heterocycles. The van der Waals surface area contributed by atoms with Crippen molar-refractivity contribution in [2.24, 2.45) is 5.10 Å². The molecule has 2 rings (SSSR count). The third-order valence-corrected chi connectivity index (χ3v) is 4.13. The molecule has 0 aliphatic carbocycles. The molecule has 24 heavy (non-hydrogen) atoms. The number of hydrogen-bond donors (Lipinski definition) is 0. The standard InChI is InChI=1S/C15H16Cl2N4O2S/c1-4-5-23-13-11(16)6-10(7-12(13)17)8-18-21-14(22)9(2)19-20-15(21)24-3/h6-8H,4-5H2,1-3H3/b18-8-. The van der Waals surface area contributed by atoms with Gasteiger partial charge in [-0.3, -0.25) is 4.79 Å². The SMILES string of the molecule is CCCOc1c(Cl)cc(/C=N\n2c(SC)nnc(C)c2=O)cc1Cl. The molecule has 0 aliphatic heterocycles. The summed E-state index contributed by atoms with van der Waals surface area (Å²) in [7, 11) is 0. The number of ether oxygens (including phenoxy) is 1. The molecule has 0 N–H and O–H groups in total. The molecule has 0 radical (unpaired) electrons. The molecule has 0 saturated heterocycles. The van der Waals surface area contributed by atoms with Gasteiger partial charge in [-0.05, 0) is 37.3 Å². The summed E-state index contributed by atoms with van der Waals surface area (Å²) >= 11 is 13.7. The van der Waals surface area contributed by atoms with Gasteiger partial charge in [0, 0.05) is 0 Å². The Balaban J connectivity index is 2.37. The van der Waals surface area contributed by atoms with Crippen LogP contribution in [0.4, 0.5) is 0 Å². The molecule has 2 aromatic rings. The zero-order chi connectivity index (χ0) is 17.7. The third-order valence-electron chi connectivity index (χ3n) is 2.94. The molecule has 0 aliphatic rings. The van der Waals surface area contributed by atoms with E-state index in [9.17, 15) is 4.79 Å². The predicted octanol–water partition coefficient (Wildman–Crippen LogP) is 3.65. The van der Waals surface area contributed by atoms with Crippen LogP contribution in [0.3, 0.4) is 0 Å². The summed E-state index contributed by atoms with van der Waals surface area (Å²) in [5.74, 6) is 0.445. The Morgan fingerprint density at radius 2 is 2.00 bits per heavy atom. The van der Waals surface area contributed by atoms with Crippen LogP contribution in [-0.2, 0) is 0 Å². The maximum Gasteiger partial charge on any atom is 0.296 e. The number of nitrogens with zero attached hydrogens (tertiary/aromatic N) is 4. The lowest BCUT2D eigenvalue weighted by atomic mass is 10.2. The van der Waals surface area contributed by atoms with Crippen molar-refractivity contribution in [3.05, 3.63) is 43.8 Å². The summed E-state index contributed by atoms with van der Waals surface area (Å²) in [6.07, 6.45) is 4.13. The smallest absolute Gasteiger partial charge is 0.296 e. The summed E-state index contributed by atoms with van der Waals surface area (Å²) in [5.41, 5.74) is 0.581. The predicted molar refractivity (Wildman–Crippen MR) is 98.1 cm³/mol. The van der Waals surface area contributed by atoms with Crippen molar-refractivity contribution >= 4 is 41.2 Å². The summed E-state index contributed by atoms with van der Waals surface area (Å²) in [6, 6.07) is 3.35. The first-order chi connectivity index (χ1) is 11.5. The van der Waals surface area contributed by atoms with Gasteiger partial charge in [0.25, 0.3) is 5.56 Å². The molecular weight excluding hydrogens is 371 g/mol. The van der Waals surface area contributed by atoms with Crippen molar-refractivity contribution in [2.45, 2.75) is 25.4 Å². The number of benzene rings is 1. The van der Waals surface area contributed by atoms with Crippen LogP contribution >= 0.6 is 35.0 Å². The Labute approximate surface area is 153 Å². The average molecular weight is 387 g/mol. The second-order valence-corrected chi connectivity index (χ2v) is 6.38. The second-order valence-electron chi connectivity index (χ2n) is 4.80. The van der Waals surface area contributed by atoms with Crippen LogP contribution in [0.25, 0.3) is 0 Å². The maximum atomic E-state index is 12.1. The van der Waals surface area contributed by atoms with E-state index in [1.54, 1.807) is 25.3 Å². The minimum atomic E-state index is -0.328. The van der Waals surface area contributed by atoms with Crippen LogP contribution in [0, 0.1) is 6.92 Å². The van der Waals surface area contributed by atoms with E-state index < -0.39 is 0 Å². The van der Waals surface area contributed by atoms with E-state index in [1.165, 1.54) is 22.7 Å². The van der Waals surface area contributed by atoms with Gasteiger partial charge in [-0.2, -0.15) is 9.78 Å². The van der Waals surface area contributed by atoms with Gasteiger partial charge in [-0.15, -0.1) is 10.2 Å². The summed E-state index contributed by atoms with van der Waals surface area (Å²) < 4.78 is 6.71. The molecule has 1 aromatic carbocycles. The Bertz CT molecular complexity index is 801. The molecule has 128 valence electrons. The number of aryl methyl sites for hydroxylation is 1. The quantitative estimate of drug-likeness (QED) is 0.559. The van der Waals surface area contributed by atoms with Crippen molar-refractivity contribution in [1.82, 2.24) is 14.9 Å². The Hall–Kier alpha value is -1.57. The van der Waals surface area contributed by atoms with E-state index in [4.69, 9.17) is 27.9 Å². The molecule has 0 unspecified atom stereocenters. The van der Waals surface area contributed by atoms with Crippen molar-refractivity contribution in [1.29, 1.82) is 0 Å². The first-order valence-corrected chi connectivity index (χ1v) is 9.12. The summed E-state index contributed by atoms with van der Waals surface area (Å²) in [4.78, 5) is 12.1. The van der Waals surface area contributed by atoms with Gasteiger partial charge >= 0.3 is 0 Å². The first kappa shape index (κ1) is 18.8. The fourth-order valence-corrected chi connectivity index (χ4v) is 2.83. The van der Waals surface area contributed by atoms with Crippen LogP contribution in [-0.4, -0.2) is 34.0 Å². The average Bonchev–Trinajstić information content (AvgIpc) is 2.55. The number of aromatic nitrogens is 3. The van der Waals surface area contributed by atoms with Crippen molar-refractivity contribution in [2.75, 3.05) is 12.9 Å². The van der Waals surface area contributed by atoms with E-state index in [1.807, 2.05) is 6.92 Å². The topological polar surface area (TPSA) is 69.4 Å². The maximum absolute atomic E-state index is 12.1. The highest BCUT2D eigenvalue weighted by molar-refractivity contribution is 7.98. The number of halogens is 2. The molecule has 0 bridgehead atoms. The minimum absolute atomic E-state index is 0.268. The highest BCUT2D eigenvalue weighted by Gasteiger charge is 2.10. The normalized spacial score (nSPS) is 11.2. The molecule has 1 heterocycles. The minimum Gasteiger partial charge on any atom is -0.490 e. The second kappa shape index (κ2) is 8.50. The number of thioether (sulfide) groups is 1. The van der Waals surface area contributed by atoms with E-state index in [0.717, 1.165) is 6.42 Å². The van der Waals surface area contributed by atoms with Crippen LogP contribution in [0.15, 0.2) is 27.2 Å². The molecule has 0 amide bonds. The zero-order valence-electron chi connectivity index (χ0n) is 13.4. The van der Waals surface area contributed by atoms with E-state index in [0.29, 0.717) is 33.1 Å². The van der Waals surface area contributed by atoms with E-state index in [2.05, 4.69) is 15.3 Å². The van der Waals surface area contributed by atoms with E-state index >= 15 is 0 Å². The largest absolute Gasteiger partial charge is 0.490 e. The number of hydrogen-bond acceptors (Lipinski definition) is 6. The molecule has 0 fully saturated rings. The van der Waals surface area contributed by atoms with Gasteiger partial charge in [0.1, 0.15) is 5.69 Å². The molecule has 0 saturated carbocycles. The lowest BCUT2D eigenvalue weighted by Crippen LogP contribution is -2.23. The van der Waals surface area contributed by atoms with Gasteiger partial charge < -0.3 is 4.74 Å². The van der Waals surface area contributed by atoms with Crippen LogP contribution < -0.4 is 10.3 Å². The van der Waals surface area contributed by atoms with Crippen molar-refractivity contribution in [3.63, 3.8) is 0 Å². The van der Waals surface area contributed by atoms with Crippen molar-refractivity contribution < 1.29 is 4.74 Å². The molecule has 0 atom stereocenters. The Kier molecular flexibility index (Phi) is 6.65. The van der Waals surface area contributed by atoms with Gasteiger partial charge in [-0.25, -0.2) is 0 Å². The van der Waals surface area contributed by atoms with Gasteiger partial charge in [-0.1, -0.05) is 41.9 Å². The lowest BCUT2D eigenvalue weighted by Gasteiger charge is -2.09. The van der Waals surface area contributed by atoms with Crippen LogP contribution in [0.2, 0.25) is 10.0 Å². The molecule has 0 spiro atoms. The molecule has 9 heteroatoms. The highest BCUT2D eigenvalue weighted by atomic mass is 35.5. The summed E-state index contributed by atoms with van der Waals surface area (Å²) in [5, 5.41) is 13.1. The Morgan fingerprint density at radius 1 is 1.33 bits per heavy atom. The lowest BCUT2D eigenvalue weighted by molar-refractivity contribution is 0.318. The van der Waals surface area contributed by atoms with Gasteiger partial charge in [0.05, 0.1) is 22.9 Å². The number of rotatable bonds is 6. The molecule has 6 nitrogen and oxygen atoms in total. The van der Waals surface area contributed by atoms with Crippen LogP contribution in [0.5, 0.6) is 5.75 Å². The molecular formula is C15H16Cl2N4O2S. The Morgan fingerprint density at radius 3 is 2.58 bits per heavy atom. The first-order valence-electron chi connectivity index (χ1n) is 7.14. The van der Waals surface area contributed by atoms with Crippen molar-refractivity contribution in [3.8, 4) is 5.75 Å². The third kappa shape index (κ3) is 4.28. The monoisotopic (exact) mass is 386 g/mol. The fraction of sp³-hybridized carbons (Fsp3) is 0.333. The summed E-state index contributed by atoms with van der Waals surface area (Å²) in [6.45, 7) is 4.11. The fourth-order valence-electron chi connectivity index (χ4n) is 1.79. The van der Waals surface area contributed by atoms with Gasteiger partial charge in [0.2, 0.25) is 5.16 Å².